The lowest BCUT2D eigenvalue weighted by Crippen LogP contribution is -2.64. The van der Waals surface area contributed by atoms with Crippen LogP contribution in [0.3, 0.4) is 0 Å². The minimum absolute atomic E-state index is 0.144. The minimum Gasteiger partial charge on any atom is -0.363 e. The normalized spacial score (nSPS) is 23.6. The Bertz CT molecular complexity index is 558. The van der Waals surface area contributed by atoms with Crippen LogP contribution in [-0.2, 0) is 10.0 Å². The molecule has 0 N–H and O–H groups in total. The Kier molecular flexibility index (Phi) is 4.04. The smallest absolute Gasteiger partial charge is 0.248 e. The first-order valence-electron chi connectivity index (χ1n) is 7.36. The van der Waals surface area contributed by atoms with E-state index in [4.69, 9.17) is 0 Å². The maximum atomic E-state index is 12.2. The predicted molar refractivity (Wildman–Crippen MR) is 77.3 cm³/mol. The third kappa shape index (κ3) is 2.85. The Morgan fingerprint density at radius 1 is 1.24 bits per heavy atom. The fraction of sp³-hybridized carbons (Fsp3) is 0.769. The van der Waals surface area contributed by atoms with Gasteiger partial charge in [0.05, 0.1) is 6.20 Å². The summed E-state index contributed by atoms with van der Waals surface area (Å²) in [6.07, 6.45) is 2.44. The zero-order chi connectivity index (χ0) is 15.0. The summed E-state index contributed by atoms with van der Waals surface area (Å²) in [5, 5.41) is 3.47. The van der Waals surface area contributed by atoms with Crippen molar-refractivity contribution in [3.63, 3.8) is 0 Å². The predicted octanol–water partition coefficient (Wildman–Crippen LogP) is 0.0735. The molecule has 0 amide bonds. The van der Waals surface area contributed by atoms with Gasteiger partial charge in [-0.1, -0.05) is 5.16 Å². The van der Waals surface area contributed by atoms with Crippen LogP contribution >= 0.6 is 0 Å². The van der Waals surface area contributed by atoms with E-state index < -0.39 is 10.0 Å². The monoisotopic (exact) mass is 314 g/mol. The average molecular weight is 314 g/mol. The van der Waals surface area contributed by atoms with E-state index in [1.807, 2.05) is 0 Å². The summed E-state index contributed by atoms with van der Waals surface area (Å²) in [4.78, 5) is 5.00. The van der Waals surface area contributed by atoms with Crippen LogP contribution < -0.4 is 0 Å². The van der Waals surface area contributed by atoms with Gasteiger partial charge in [0.1, 0.15) is 11.2 Å². The van der Waals surface area contributed by atoms with Crippen molar-refractivity contribution >= 4 is 10.0 Å². The maximum Gasteiger partial charge on any atom is 0.248 e. The first-order chi connectivity index (χ1) is 9.98. The lowest BCUT2D eigenvalue weighted by Gasteiger charge is -2.47. The molecule has 1 aromatic rings. The second-order valence-corrected chi connectivity index (χ2v) is 7.94. The molecule has 0 aliphatic carbocycles. The molecule has 0 saturated carbocycles. The van der Waals surface area contributed by atoms with Crippen molar-refractivity contribution in [2.24, 2.45) is 0 Å². The summed E-state index contributed by atoms with van der Waals surface area (Å²) in [6.45, 7) is 9.72. The molecule has 0 radical (unpaired) electrons. The molecule has 8 heteroatoms. The molecule has 2 saturated heterocycles. The van der Waals surface area contributed by atoms with E-state index in [9.17, 15) is 8.42 Å². The van der Waals surface area contributed by atoms with Crippen molar-refractivity contribution in [2.75, 3.05) is 39.3 Å². The van der Waals surface area contributed by atoms with Crippen LogP contribution in [0.5, 0.6) is 0 Å². The molecule has 118 valence electrons. The van der Waals surface area contributed by atoms with E-state index >= 15 is 0 Å². The van der Waals surface area contributed by atoms with Crippen molar-refractivity contribution in [3.05, 3.63) is 12.5 Å². The van der Waals surface area contributed by atoms with Gasteiger partial charge in [-0.15, -0.1) is 0 Å². The molecular formula is C13H22N4O3S. The number of piperazine rings is 1. The molecule has 3 heterocycles. The first-order valence-corrected chi connectivity index (χ1v) is 8.80. The average Bonchev–Trinajstić information content (AvgIpc) is 2.91. The largest absolute Gasteiger partial charge is 0.363 e. The van der Waals surface area contributed by atoms with Crippen LogP contribution in [0.25, 0.3) is 0 Å². The Labute approximate surface area is 125 Å². The summed E-state index contributed by atoms with van der Waals surface area (Å²) in [6, 6.07) is 0.924. The van der Waals surface area contributed by atoms with Gasteiger partial charge in [-0.05, 0) is 13.8 Å². The summed E-state index contributed by atoms with van der Waals surface area (Å²) in [5.41, 5.74) is 0. The molecule has 0 atom stereocenters. The summed E-state index contributed by atoms with van der Waals surface area (Å²) in [5.74, 6) is 0. The first kappa shape index (κ1) is 15.0. The second-order valence-electron chi connectivity index (χ2n) is 6.00. The van der Waals surface area contributed by atoms with Gasteiger partial charge < -0.3 is 4.52 Å². The van der Waals surface area contributed by atoms with Gasteiger partial charge in [0, 0.05) is 51.4 Å². The van der Waals surface area contributed by atoms with E-state index in [1.165, 1.54) is 16.8 Å². The van der Waals surface area contributed by atoms with Crippen molar-refractivity contribution in [1.82, 2.24) is 19.3 Å². The van der Waals surface area contributed by atoms with E-state index in [0.29, 0.717) is 25.2 Å². The number of nitrogens with zero attached hydrogens (tertiary/aromatic N) is 4. The number of rotatable bonds is 4. The topological polar surface area (TPSA) is 69.9 Å². The lowest BCUT2D eigenvalue weighted by molar-refractivity contribution is 0.0316. The highest BCUT2D eigenvalue weighted by molar-refractivity contribution is 7.89. The summed E-state index contributed by atoms with van der Waals surface area (Å²) in [7, 11) is -3.41. The molecule has 1 aromatic heterocycles. The molecule has 2 fully saturated rings. The highest BCUT2D eigenvalue weighted by atomic mass is 32.2. The zero-order valence-electron chi connectivity index (χ0n) is 12.5. The summed E-state index contributed by atoms with van der Waals surface area (Å²) < 4.78 is 30.6. The van der Waals surface area contributed by atoms with Crippen LogP contribution in [0.1, 0.15) is 13.8 Å². The van der Waals surface area contributed by atoms with Gasteiger partial charge in [0.15, 0.2) is 0 Å². The highest BCUT2D eigenvalue weighted by Gasteiger charge is 2.41. The number of sulfonamides is 1. The molecular weight excluding hydrogens is 292 g/mol. The quantitative estimate of drug-likeness (QED) is 0.783. The van der Waals surface area contributed by atoms with Crippen LogP contribution in [0, 0.1) is 0 Å². The third-order valence-corrected chi connectivity index (χ3v) is 6.25. The molecule has 2 aliphatic rings. The van der Waals surface area contributed by atoms with Crippen LogP contribution in [0.15, 0.2) is 21.9 Å². The second kappa shape index (κ2) is 5.68. The standard InChI is InChI=1S/C13H22N4O3S/c1-11(2)15-3-5-16(6-4-15)12-8-17(9-12)21(18,19)13-7-14-20-10-13/h7,10-12H,3-6,8-9H2,1-2H3. The summed E-state index contributed by atoms with van der Waals surface area (Å²) >= 11 is 0. The molecule has 21 heavy (non-hydrogen) atoms. The van der Waals surface area contributed by atoms with Gasteiger partial charge in [0.2, 0.25) is 10.0 Å². The van der Waals surface area contributed by atoms with E-state index in [0.717, 1.165) is 26.2 Å². The zero-order valence-corrected chi connectivity index (χ0v) is 13.3. The van der Waals surface area contributed by atoms with E-state index in [2.05, 4.69) is 33.3 Å². The van der Waals surface area contributed by atoms with Crippen molar-refractivity contribution in [2.45, 2.75) is 30.8 Å². The van der Waals surface area contributed by atoms with Gasteiger partial charge >= 0.3 is 0 Å². The molecule has 2 aliphatic heterocycles. The Hall–Kier alpha value is -0.960. The molecule has 0 bridgehead atoms. The molecule has 0 unspecified atom stereocenters. The fourth-order valence-electron chi connectivity index (χ4n) is 2.93. The van der Waals surface area contributed by atoms with Crippen LogP contribution in [0.2, 0.25) is 0 Å². The third-order valence-electron chi connectivity index (χ3n) is 4.47. The van der Waals surface area contributed by atoms with Gasteiger partial charge in [-0.25, -0.2) is 8.42 Å². The van der Waals surface area contributed by atoms with E-state index in [1.54, 1.807) is 0 Å². The Morgan fingerprint density at radius 3 is 2.43 bits per heavy atom. The van der Waals surface area contributed by atoms with Gasteiger partial charge in [-0.3, -0.25) is 9.80 Å². The van der Waals surface area contributed by atoms with Crippen LogP contribution in [0.4, 0.5) is 0 Å². The molecule has 7 nitrogen and oxygen atoms in total. The number of hydrogen-bond donors (Lipinski definition) is 0. The molecule has 0 aromatic carbocycles. The van der Waals surface area contributed by atoms with E-state index in [-0.39, 0.29) is 4.90 Å². The fourth-order valence-corrected chi connectivity index (χ4v) is 4.31. The molecule has 3 rings (SSSR count). The number of hydrogen-bond acceptors (Lipinski definition) is 6. The SMILES string of the molecule is CC(C)N1CCN(C2CN(S(=O)(=O)c3cnoc3)C2)CC1. The lowest BCUT2D eigenvalue weighted by atomic mass is 10.1. The Balaban J connectivity index is 1.53. The number of aromatic nitrogens is 1. The van der Waals surface area contributed by atoms with Crippen molar-refractivity contribution in [3.8, 4) is 0 Å². The maximum absolute atomic E-state index is 12.2. The van der Waals surface area contributed by atoms with Gasteiger partial charge in [0.25, 0.3) is 0 Å². The minimum atomic E-state index is -3.41. The van der Waals surface area contributed by atoms with Gasteiger partial charge in [-0.2, -0.15) is 4.31 Å². The van der Waals surface area contributed by atoms with Crippen molar-refractivity contribution in [1.29, 1.82) is 0 Å². The van der Waals surface area contributed by atoms with Crippen molar-refractivity contribution < 1.29 is 12.9 Å². The Morgan fingerprint density at radius 2 is 1.90 bits per heavy atom. The molecule has 0 spiro atoms. The van der Waals surface area contributed by atoms with Crippen LogP contribution in [-0.4, -0.2) is 79.0 Å². The highest BCUT2D eigenvalue weighted by Crippen LogP contribution is 2.24.